The molecule has 94 valence electrons. The molecule has 4 fully saturated rings. The van der Waals surface area contributed by atoms with Crippen molar-refractivity contribution in [3.63, 3.8) is 0 Å². The van der Waals surface area contributed by atoms with E-state index in [0.717, 1.165) is 17.8 Å². The molecule has 2 N–H and O–H groups in total. The molecule has 5 heteroatoms. The lowest BCUT2D eigenvalue weighted by molar-refractivity contribution is -0.0489. The number of anilines is 1. The first-order chi connectivity index (χ1) is 8.70. The van der Waals surface area contributed by atoms with Gasteiger partial charge in [0.1, 0.15) is 6.07 Å². The van der Waals surface area contributed by atoms with Gasteiger partial charge in [-0.15, -0.1) is 5.10 Å². The topological polar surface area (TPSA) is 80.5 Å². The third-order valence-corrected chi connectivity index (χ3v) is 5.27. The summed E-state index contributed by atoms with van der Waals surface area (Å²) in [5, 5.41) is 17.1. The maximum absolute atomic E-state index is 8.97. The van der Waals surface area contributed by atoms with Crippen LogP contribution in [0, 0.1) is 29.1 Å². The zero-order valence-corrected chi connectivity index (χ0v) is 10.3. The van der Waals surface area contributed by atoms with E-state index in [4.69, 9.17) is 11.0 Å². The van der Waals surface area contributed by atoms with Crippen LogP contribution in [-0.2, 0) is 5.54 Å². The Bertz CT molecular complexity index is 503. The summed E-state index contributed by atoms with van der Waals surface area (Å²) in [5.74, 6) is 2.99. The molecule has 0 aromatic carbocycles. The number of nitrogens with zero attached hydrogens (tertiary/aromatic N) is 4. The quantitative estimate of drug-likeness (QED) is 0.813. The summed E-state index contributed by atoms with van der Waals surface area (Å²) in [6, 6.07) is 2.03. The molecule has 4 bridgehead atoms. The molecule has 4 aliphatic rings. The molecular formula is C13H17N5. The molecule has 1 heterocycles. The smallest absolute Gasteiger partial charge is 0.206 e. The highest BCUT2D eigenvalue weighted by molar-refractivity contribution is 5.43. The van der Waals surface area contributed by atoms with Gasteiger partial charge in [-0.3, -0.25) is 0 Å². The van der Waals surface area contributed by atoms with Crippen LogP contribution in [0.25, 0.3) is 0 Å². The van der Waals surface area contributed by atoms with Crippen molar-refractivity contribution in [1.82, 2.24) is 15.0 Å². The number of nitriles is 1. The fourth-order valence-corrected chi connectivity index (χ4v) is 5.04. The number of nitrogen functional groups attached to an aromatic ring is 1. The van der Waals surface area contributed by atoms with E-state index < -0.39 is 0 Å². The molecule has 18 heavy (non-hydrogen) atoms. The monoisotopic (exact) mass is 243 g/mol. The van der Waals surface area contributed by atoms with Crippen LogP contribution >= 0.6 is 0 Å². The Hall–Kier alpha value is -1.57. The fourth-order valence-electron chi connectivity index (χ4n) is 5.04. The van der Waals surface area contributed by atoms with Gasteiger partial charge in [0.15, 0.2) is 5.82 Å². The standard InChI is InChI=1S/C13H17N5/c14-7-11-12(15)18(17-16-11)13-4-8-1-9(5-13)3-10(2-8)6-13/h8-10H,1-6,15H2. The summed E-state index contributed by atoms with van der Waals surface area (Å²) in [6.07, 6.45) is 7.70. The van der Waals surface area contributed by atoms with Crippen LogP contribution < -0.4 is 5.73 Å². The molecule has 0 aliphatic heterocycles. The summed E-state index contributed by atoms with van der Waals surface area (Å²) in [6.45, 7) is 0. The van der Waals surface area contributed by atoms with Crippen molar-refractivity contribution < 1.29 is 0 Å². The van der Waals surface area contributed by atoms with Crippen LogP contribution in [0.4, 0.5) is 5.82 Å². The summed E-state index contributed by atoms with van der Waals surface area (Å²) >= 11 is 0. The van der Waals surface area contributed by atoms with Crippen molar-refractivity contribution in [3.05, 3.63) is 5.69 Å². The molecule has 5 rings (SSSR count). The molecule has 5 nitrogen and oxygen atoms in total. The first-order valence-electron chi connectivity index (χ1n) is 6.82. The Morgan fingerprint density at radius 1 is 1.17 bits per heavy atom. The normalized spacial score (nSPS) is 40.9. The molecule has 0 unspecified atom stereocenters. The van der Waals surface area contributed by atoms with E-state index in [1.807, 2.05) is 10.8 Å². The lowest BCUT2D eigenvalue weighted by Crippen LogP contribution is -2.52. The number of hydrogen-bond acceptors (Lipinski definition) is 4. The Morgan fingerprint density at radius 2 is 1.72 bits per heavy atom. The maximum Gasteiger partial charge on any atom is 0.206 e. The van der Waals surface area contributed by atoms with E-state index in [2.05, 4.69) is 10.3 Å². The summed E-state index contributed by atoms with van der Waals surface area (Å²) < 4.78 is 1.88. The minimum Gasteiger partial charge on any atom is -0.381 e. The van der Waals surface area contributed by atoms with Gasteiger partial charge in [0.2, 0.25) is 5.69 Å². The molecule has 0 spiro atoms. The first-order valence-corrected chi connectivity index (χ1v) is 6.82. The summed E-state index contributed by atoms with van der Waals surface area (Å²) in [4.78, 5) is 0. The van der Waals surface area contributed by atoms with Crippen LogP contribution in [0.3, 0.4) is 0 Å². The van der Waals surface area contributed by atoms with Crippen LogP contribution in [0.5, 0.6) is 0 Å². The van der Waals surface area contributed by atoms with Crippen LogP contribution in [0.15, 0.2) is 0 Å². The van der Waals surface area contributed by atoms with Crippen LogP contribution in [-0.4, -0.2) is 15.0 Å². The molecule has 0 atom stereocenters. The molecular weight excluding hydrogens is 226 g/mol. The second-order valence-corrected chi connectivity index (χ2v) is 6.49. The summed E-state index contributed by atoms with van der Waals surface area (Å²) in [7, 11) is 0. The van der Waals surface area contributed by atoms with Crippen LogP contribution in [0.2, 0.25) is 0 Å². The molecule has 0 saturated heterocycles. The van der Waals surface area contributed by atoms with Gasteiger partial charge in [-0.25, -0.2) is 4.68 Å². The van der Waals surface area contributed by atoms with Crippen molar-refractivity contribution in [1.29, 1.82) is 5.26 Å². The Kier molecular flexibility index (Phi) is 1.87. The van der Waals surface area contributed by atoms with Gasteiger partial charge >= 0.3 is 0 Å². The highest BCUT2D eigenvalue weighted by Gasteiger charge is 2.53. The second-order valence-electron chi connectivity index (χ2n) is 6.49. The zero-order valence-electron chi connectivity index (χ0n) is 10.3. The van der Waals surface area contributed by atoms with E-state index in [1.54, 1.807) is 0 Å². The van der Waals surface area contributed by atoms with Gasteiger partial charge in [0.25, 0.3) is 0 Å². The Labute approximate surface area is 106 Å². The molecule has 1 aromatic heterocycles. The Morgan fingerprint density at radius 3 is 2.17 bits per heavy atom. The van der Waals surface area contributed by atoms with E-state index >= 15 is 0 Å². The highest BCUT2D eigenvalue weighted by atomic mass is 15.5. The van der Waals surface area contributed by atoms with Gasteiger partial charge in [0, 0.05) is 0 Å². The Balaban J connectivity index is 1.79. The van der Waals surface area contributed by atoms with Gasteiger partial charge in [-0.2, -0.15) is 5.26 Å². The lowest BCUT2D eigenvalue weighted by atomic mass is 9.53. The van der Waals surface area contributed by atoms with E-state index in [1.165, 1.54) is 38.5 Å². The predicted molar refractivity (Wildman–Crippen MR) is 65.3 cm³/mol. The van der Waals surface area contributed by atoms with Gasteiger partial charge in [-0.1, -0.05) is 5.21 Å². The highest BCUT2D eigenvalue weighted by Crippen LogP contribution is 2.59. The molecule has 1 aromatic rings. The van der Waals surface area contributed by atoms with E-state index in [9.17, 15) is 0 Å². The first kappa shape index (κ1) is 10.4. The zero-order chi connectivity index (χ0) is 12.3. The van der Waals surface area contributed by atoms with Crippen molar-refractivity contribution in [2.75, 3.05) is 5.73 Å². The van der Waals surface area contributed by atoms with E-state index in [-0.39, 0.29) is 11.2 Å². The van der Waals surface area contributed by atoms with Crippen molar-refractivity contribution in [2.24, 2.45) is 17.8 Å². The average molecular weight is 243 g/mol. The number of nitrogens with two attached hydrogens (primary N) is 1. The average Bonchev–Trinajstić information content (AvgIpc) is 2.69. The number of hydrogen-bond donors (Lipinski definition) is 1. The van der Waals surface area contributed by atoms with Gasteiger partial charge < -0.3 is 5.73 Å². The minimum absolute atomic E-state index is 0.0704. The van der Waals surface area contributed by atoms with Crippen molar-refractivity contribution in [2.45, 2.75) is 44.1 Å². The third kappa shape index (κ3) is 1.21. The molecule has 4 aliphatic carbocycles. The number of rotatable bonds is 1. The van der Waals surface area contributed by atoms with Crippen molar-refractivity contribution >= 4 is 5.82 Å². The van der Waals surface area contributed by atoms with E-state index in [0.29, 0.717) is 5.82 Å². The SMILES string of the molecule is N#Cc1nnn(C23CC4CC(CC(C4)C2)C3)c1N. The molecule has 0 radical (unpaired) electrons. The van der Waals surface area contributed by atoms with Crippen LogP contribution in [0.1, 0.15) is 44.2 Å². The maximum atomic E-state index is 8.97. The largest absolute Gasteiger partial charge is 0.381 e. The van der Waals surface area contributed by atoms with Crippen molar-refractivity contribution in [3.8, 4) is 6.07 Å². The number of aromatic nitrogens is 3. The molecule has 4 saturated carbocycles. The third-order valence-electron chi connectivity index (χ3n) is 5.27. The summed E-state index contributed by atoms with van der Waals surface area (Å²) in [5.41, 5.74) is 6.40. The molecule has 0 amide bonds. The lowest BCUT2D eigenvalue weighted by Gasteiger charge is -2.56. The van der Waals surface area contributed by atoms with Gasteiger partial charge in [0.05, 0.1) is 5.54 Å². The second kappa shape index (κ2) is 3.25. The minimum atomic E-state index is 0.0704. The predicted octanol–water partition coefficient (Wildman–Crippen LogP) is 1.66. The fraction of sp³-hybridized carbons (Fsp3) is 0.769. The van der Waals surface area contributed by atoms with Gasteiger partial charge in [-0.05, 0) is 56.3 Å².